The summed E-state index contributed by atoms with van der Waals surface area (Å²) in [6.07, 6.45) is 0.654. The van der Waals surface area contributed by atoms with E-state index in [1.54, 1.807) is 12.1 Å². The molecule has 1 N–H and O–H groups in total. The molecule has 0 spiro atoms. The standard InChI is InChI=1S/C12H15NO4/c1-12(2,8-11(14)15)7-9-3-5-10(6-4-9)13(16)17/h3-6H,7-8H2,1-2H3,(H,14,15). The van der Waals surface area contributed by atoms with Crippen molar-refractivity contribution in [1.29, 1.82) is 0 Å². The van der Waals surface area contributed by atoms with E-state index in [0.29, 0.717) is 6.42 Å². The van der Waals surface area contributed by atoms with Gasteiger partial charge in [-0.1, -0.05) is 26.0 Å². The number of nitrogens with zero attached hydrogens (tertiary/aromatic N) is 1. The molecule has 0 saturated heterocycles. The number of hydrogen-bond acceptors (Lipinski definition) is 3. The predicted molar refractivity (Wildman–Crippen MR) is 62.8 cm³/mol. The molecule has 1 rings (SSSR count). The summed E-state index contributed by atoms with van der Waals surface area (Å²) >= 11 is 0. The second-order valence-corrected chi connectivity index (χ2v) is 4.84. The van der Waals surface area contributed by atoms with Crippen LogP contribution in [0.3, 0.4) is 0 Å². The minimum absolute atomic E-state index is 0.0461. The van der Waals surface area contributed by atoms with Crippen LogP contribution in [0.1, 0.15) is 25.8 Å². The number of rotatable bonds is 5. The number of nitro groups is 1. The second kappa shape index (κ2) is 4.95. The highest BCUT2D eigenvalue weighted by molar-refractivity contribution is 5.67. The van der Waals surface area contributed by atoms with Crippen LogP contribution in [-0.4, -0.2) is 16.0 Å². The van der Waals surface area contributed by atoms with Crippen molar-refractivity contribution in [3.05, 3.63) is 39.9 Å². The number of nitro benzene ring substituents is 1. The van der Waals surface area contributed by atoms with Crippen molar-refractivity contribution in [3.8, 4) is 0 Å². The minimum atomic E-state index is -0.836. The zero-order valence-corrected chi connectivity index (χ0v) is 9.84. The lowest BCUT2D eigenvalue weighted by atomic mass is 9.83. The first kappa shape index (κ1) is 13.2. The van der Waals surface area contributed by atoms with Gasteiger partial charge >= 0.3 is 5.97 Å². The maximum Gasteiger partial charge on any atom is 0.303 e. The first-order valence-electron chi connectivity index (χ1n) is 5.25. The molecule has 0 fully saturated rings. The maximum atomic E-state index is 10.7. The van der Waals surface area contributed by atoms with Gasteiger partial charge in [-0.15, -0.1) is 0 Å². The highest BCUT2D eigenvalue weighted by atomic mass is 16.6. The number of carboxylic acid groups (broad SMARTS) is 1. The smallest absolute Gasteiger partial charge is 0.303 e. The van der Waals surface area contributed by atoms with Gasteiger partial charge in [0.05, 0.1) is 11.3 Å². The van der Waals surface area contributed by atoms with Crippen molar-refractivity contribution in [1.82, 2.24) is 0 Å². The van der Waals surface area contributed by atoms with Crippen molar-refractivity contribution in [3.63, 3.8) is 0 Å². The largest absolute Gasteiger partial charge is 0.481 e. The summed E-state index contributed by atoms with van der Waals surface area (Å²) in [7, 11) is 0. The van der Waals surface area contributed by atoms with E-state index in [-0.39, 0.29) is 17.5 Å². The van der Waals surface area contributed by atoms with E-state index < -0.39 is 10.9 Å². The second-order valence-electron chi connectivity index (χ2n) is 4.84. The average molecular weight is 237 g/mol. The highest BCUT2D eigenvalue weighted by Crippen LogP contribution is 2.26. The van der Waals surface area contributed by atoms with Gasteiger partial charge in [-0.25, -0.2) is 0 Å². The van der Waals surface area contributed by atoms with Gasteiger partial charge < -0.3 is 5.11 Å². The fourth-order valence-electron chi connectivity index (χ4n) is 1.76. The predicted octanol–water partition coefficient (Wildman–Crippen LogP) is 2.64. The minimum Gasteiger partial charge on any atom is -0.481 e. The van der Waals surface area contributed by atoms with Crippen molar-refractivity contribution in [2.45, 2.75) is 26.7 Å². The third-order valence-electron chi connectivity index (χ3n) is 2.46. The van der Waals surface area contributed by atoms with E-state index in [1.165, 1.54) is 12.1 Å². The molecule has 0 aliphatic heterocycles. The Morgan fingerprint density at radius 3 is 2.29 bits per heavy atom. The molecule has 17 heavy (non-hydrogen) atoms. The molecular weight excluding hydrogens is 222 g/mol. The third-order valence-corrected chi connectivity index (χ3v) is 2.46. The van der Waals surface area contributed by atoms with Gasteiger partial charge in [0, 0.05) is 12.1 Å². The summed E-state index contributed by atoms with van der Waals surface area (Å²) in [5.41, 5.74) is 0.591. The van der Waals surface area contributed by atoms with Gasteiger partial charge in [0.15, 0.2) is 0 Å². The summed E-state index contributed by atoms with van der Waals surface area (Å²) in [4.78, 5) is 20.7. The van der Waals surface area contributed by atoms with Crippen LogP contribution in [0, 0.1) is 15.5 Å². The molecule has 0 unspecified atom stereocenters. The van der Waals surface area contributed by atoms with Gasteiger partial charge in [0.2, 0.25) is 0 Å². The fourth-order valence-corrected chi connectivity index (χ4v) is 1.76. The Bertz CT molecular complexity index is 423. The molecule has 0 aliphatic rings. The Morgan fingerprint density at radius 1 is 1.35 bits per heavy atom. The lowest BCUT2D eigenvalue weighted by Crippen LogP contribution is -2.19. The lowest BCUT2D eigenvalue weighted by Gasteiger charge is -2.22. The fraction of sp³-hybridized carbons (Fsp3) is 0.417. The van der Waals surface area contributed by atoms with Crippen LogP contribution in [0.4, 0.5) is 5.69 Å². The first-order valence-corrected chi connectivity index (χ1v) is 5.25. The van der Waals surface area contributed by atoms with E-state index in [4.69, 9.17) is 5.11 Å². The van der Waals surface area contributed by atoms with Crippen LogP contribution in [0.15, 0.2) is 24.3 Å². The molecule has 0 atom stereocenters. The van der Waals surface area contributed by atoms with Gasteiger partial charge in [0.25, 0.3) is 5.69 Å². The number of aliphatic carboxylic acids is 1. The summed E-state index contributed by atoms with van der Waals surface area (Å²) in [5.74, 6) is -0.836. The quantitative estimate of drug-likeness (QED) is 0.630. The number of carbonyl (C=O) groups is 1. The molecule has 5 heteroatoms. The zero-order valence-electron chi connectivity index (χ0n) is 9.84. The zero-order chi connectivity index (χ0) is 13.1. The lowest BCUT2D eigenvalue weighted by molar-refractivity contribution is -0.384. The van der Waals surface area contributed by atoms with E-state index in [2.05, 4.69) is 0 Å². The van der Waals surface area contributed by atoms with Crippen molar-refractivity contribution in [2.75, 3.05) is 0 Å². The van der Waals surface area contributed by atoms with E-state index in [1.807, 2.05) is 13.8 Å². The molecule has 0 saturated carbocycles. The maximum absolute atomic E-state index is 10.7. The molecule has 1 aromatic carbocycles. The van der Waals surface area contributed by atoms with Crippen molar-refractivity contribution < 1.29 is 14.8 Å². The van der Waals surface area contributed by atoms with Crippen molar-refractivity contribution >= 4 is 11.7 Å². The highest BCUT2D eigenvalue weighted by Gasteiger charge is 2.22. The van der Waals surface area contributed by atoms with Crippen LogP contribution in [0.5, 0.6) is 0 Å². The molecule has 0 heterocycles. The summed E-state index contributed by atoms with van der Waals surface area (Å²) in [5, 5.41) is 19.2. The van der Waals surface area contributed by atoms with Gasteiger partial charge in [0.1, 0.15) is 0 Å². The Morgan fingerprint density at radius 2 is 1.88 bits per heavy atom. The molecular formula is C12H15NO4. The molecule has 0 aromatic heterocycles. The van der Waals surface area contributed by atoms with Crippen LogP contribution < -0.4 is 0 Å². The Kier molecular flexibility index (Phi) is 3.83. The molecule has 0 aliphatic carbocycles. The van der Waals surface area contributed by atoms with Crippen LogP contribution in [0.25, 0.3) is 0 Å². The summed E-state index contributed by atoms with van der Waals surface area (Å²) in [6.45, 7) is 3.73. The Balaban J connectivity index is 2.75. The number of benzene rings is 1. The Labute approximate surface area is 99.2 Å². The summed E-state index contributed by atoms with van der Waals surface area (Å²) < 4.78 is 0. The topological polar surface area (TPSA) is 80.4 Å². The number of non-ortho nitro benzene ring substituents is 1. The average Bonchev–Trinajstić information content (AvgIpc) is 2.15. The first-order chi connectivity index (χ1) is 7.80. The van der Waals surface area contributed by atoms with Gasteiger partial charge in [-0.3, -0.25) is 14.9 Å². The molecule has 0 radical (unpaired) electrons. The molecule has 0 bridgehead atoms. The third kappa shape index (κ3) is 4.22. The van der Waals surface area contributed by atoms with E-state index >= 15 is 0 Å². The monoisotopic (exact) mass is 237 g/mol. The molecule has 5 nitrogen and oxygen atoms in total. The number of hydrogen-bond donors (Lipinski definition) is 1. The van der Waals surface area contributed by atoms with E-state index in [9.17, 15) is 14.9 Å². The molecule has 0 amide bonds. The molecule has 92 valence electrons. The SMILES string of the molecule is CC(C)(CC(=O)O)Cc1ccc([N+](=O)[O-])cc1. The van der Waals surface area contributed by atoms with Crippen LogP contribution in [0.2, 0.25) is 0 Å². The normalized spacial score (nSPS) is 11.2. The van der Waals surface area contributed by atoms with Crippen LogP contribution >= 0.6 is 0 Å². The Hall–Kier alpha value is -1.91. The van der Waals surface area contributed by atoms with E-state index in [0.717, 1.165) is 5.56 Å². The number of carboxylic acids is 1. The van der Waals surface area contributed by atoms with Crippen LogP contribution in [-0.2, 0) is 11.2 Å². The van der Waals surface area contributed by atoms with Gasteiger partial charge in [-0.2, -0.15) is 0 Å². The van der Waals surface area contributed by atoms with Crippen molar-refractivity contribution in [2.24, 2.45) is 5.41 Å². The summed E-state index contributed by atoms with van der Waals surface area (Å²) in [6, 6.07) is 6.21. The molecule has 1 aromatic rings. The van der Waals surface area contributed by atoms with Gasteiger partial charge in [-0.05, 0) is 17.4 Å².